The van der Waals surface area contributed by atoms with Gasteiger partial charge in [-0.25, -0.2) is 26.7 Å². The summed E-state index contributed by atoms with van der Waals surface area (Å²) in [4.78, 5) is 38.0. The van der Waals surface area contributed by atoms with Gasteiger partial charge in [0, 0.05) is 37.5 Å². The molecule has 4 amide bonds. The van der Waals surface area contributed by atoms with Crippen LogP contribution in [0.2, 0.25) is 0 Å². The van der Waals surface area contributed by atoms with Gasteiger partial charge in [-0.1, -0.05) is 0 Å². The molecule has 0 aromatic heterocycles. The molecule has 9 nitrogen and oxygen atoms in total. The lowest BCUT2D eigenvalue weighted by molar-refractivity contribution is -0.117. The summed E-state index contributed by atoms with van der Waals surface area (Å²) in [6.07, 6.45) is 0. The average Bonchev–Trinajstić information content (AvgIpc) is 3.03. The fourth-order valence-corrected chi connectivity index (χ4v) is 3.95. The molecule has 31 heavy (non-hydrogen) atoms. The van der Waals surface area contributed by atoms with Crippen LogP contribution in [0.25, 0.3) is 0 Å². The Bertz CT molecular complexity index is 1140. The van der Waals surface area contributed by atoms with Crippen molar-refractivity contribution in [3.63, 3.8) is 0 Å². The molecule has 0 aliphatic carbocycles. The van der Waals surface area contributed by atoms with Gasteiger partial charge in [-0.2, -0.15) is 0 Å². The Balaban J connectivity index is 1.60. The number of halogens is 2. The first kappa shape index (κ1) is 22.2. The summed E-state index contributed by atoms with van der Waals surface area (Å²) in [5, 5.41) is 2.54. The van der Waals surface area contributed by atoms with Crippen LogP contribution in [-0.4, -0.2) is 50.8 Å². The lowest BCUT2D eigenvalue weighted by atomic mass is 10.3. The third-order valence-corrected chi connectivity index (χ3v) is 5.82. The standard InChI is InChI=1S/C19H18F2N4O5S/c1-12(26)23-31(29,30)15-5-2-13(3-6-15)22-18(27)11-24-8-9-25(19(24)28)14-4-7-16(20)17(21)10-14/h2-7,10H,8-9,11H2,1H3,(H,22,27)(H,23,26). The Hall–Kier alpha value is -3.54. The largest absolute Gasteiger partial charge is 0.325 e. The predicted molar refractivity (Wildman–Crippen MR) is 107 cm³/mol. The number of hydrogen-bond donors (Lipinski definition) is 2. The Kier molecular flexibility index (Phi) is 6.20. The second-order valence-electron chi connectivity index (χ2n) is 6.69. The highest BCUT2D eigenvalue weighted by atomic mass is 32.2. The van der Waals surface area contributed by atoms with Crippen molar-refractivity contribution in [3.05, 3.63) is 54.1 Å². The number of carbonyl (C=O) groups excluding carboxylic acids is 3. The second-order valence-corrected chi connectivity index (χ2v) is 8.37. The minimum Gasteiger partial charge on any atom is -0.325 e. The first-order valence-corrected chi connectivity index (χ1v) is 10.5. The number of urea groups is 1. The Morgan fingerprint density at radius 1 is 1.03 bits per heavy atom. The molecule has 0 bridgehead atoms. The molecule has 0 unspecified atom stereocenters. The number of hydrogen-bond acceptors (Lipinski definition) is 5. The van der Waals surface area contributed by atoms with Crippen LogP contribution < -0.4 is 14.9 Å². The van der Waals surface area contributed by atoms with E-state index in [1.165, 1.54) is 40.1 Å². The van der Waals surface area contributed by atoms with Crippen LogP contribution in [0.4, 0.5) is 25.0 Å². The molecule has 0 radical (unpaired) electrons. The highest BCUT2D eigenvalue weighted by Gasteiger charge is 2.31. The highest BCUT2D eigenvalue weighted by Crippen LogP contribution is 2.22. The maximum Gasteiger partial charge on any atom is 0.325 e. The summed E-state index contributed by atoms with van der Waals surface area (Å²) in [5.74, 6) is -3.36. The fraction of sp³-hybridized carbons (Fsp3) is 0.211. The maximum absolute atomic E-state index is 13.4. The summed E-state index contributed by atoms with van der Waals surface area (Å²) >= 11 is 0. The van der Waals surface area contributed by atoms with Crippen LogP contribution in [0.3, 0.4) is 0 Å². The van der Waals surface area contributed by atoms with Crippen LogP contribution >= 0.6 is 0 Å². The predicted octanol–water partition coefficient (Wildman–Crippen LogP) is 1.67. The molecular weight excluding hydrogens is 434 g/mol. The third kappa shape index (κ3) is 5.15. The van der Waals surface area contributed by atoms with Gasteiger partial charge in [-0.15, -0.1) is 0 Å². The zero-order valence-electron chi connectivity index (χ0n) is 16.3. The molecule has 2 aromatic rings. The zero-order chi connectivity index (χ0) is 22.8. The van der Waals surface area contributed by atoms with Crippen molar-refractivity contribution in [2.24, 2.45) is 0 Å². The summed E-state index contributed by atoms with van der Waals surface area (Å²) in [6.45, 7) is 1.19. The van der Waals surface area contributed by atoms with Gasteiger partial charge < -0.3 is 10.2 Å². The zero-order valence-corrected chi connectivity index (χ0v) is 17.1. The summed E-state index contributed by atoms with van der Waals surface area (Å²) in [5.41, 5.74) is 0.471. The molecule has 0 atom stereocenters. The third-order valence-electron chi connectivity index (χ3n) is 4.37. The molecule has 1 fully saturated rings. The molecule has 2 aromatic carbocycles. The average molecular weight is 452 g/mol. The van der Waals surface area contributed by atoms with E-state index >= 15 is 0 Å². The molecule has 1 aliphatic heterocycles. The van der Waals surface area contributed by atoms with Gasteiger partial charge in [-0.05, 0) is 36.4 Å². The van der Waals surface area contributed by atoms with E-state index in [1.54, 1.807) is 0 Å². The van der Waals surface area contributed by atoms with E-state index in [9.17, 15) is 31.6 Å². The molecule has 3 rings (SSSR count). The molecule has 1 saturated heterocycles. The molecule has 1 aliphatic rings. The van der Waals surface area contributed by atoms with E-state index in [2.05, 4.69) is 5.32 Å². The summed E-state index contributed by atoms with van der Waals surface area (Å²) < 4.78 is 52.2. The van der Waals surface area contributed by atoms with Gasteiger partial charge in [0.15, 0.2) is 11.6 Å². The lowest BCUT2D eigenvalue weighted by Gasteiger charge is -2.18. The fourth-order valence-electron chi connectivity index (χ4n) is 2.96. The van der Waals surface area contributed by atoms with Crippen LogP contribution in [0.5, 0.6) is 0 Å². The van der Waals surface area contributed by atoms with Crippen molar-refractivity contribution >= 4 is 39.2 Å². The van der Waals surface area contributed by atoms with Crippen molar-refractivity contribution in [1.29, 1.82) is 0 Å². The van der Waals surface area contributed by atoms with E-state index in [4.69, 9.17) is 0 Å². The van der Waals surface area contributed by atoms with Crippen LogP contribution in [-0.2, 0) is 19.6 Å². The molecule has 2 N–H and O–H groups in total. The quantitative estimate of drug-likeness (QED) is 0.692. The van der Waals surface area contributed by atoms with Gasteiger partial charge in [0.2, 0.25) is 11.8 Å². The molecule has 0 spiro atoms. The molecule has 12 heteroatoms. The monoisotopic (exact) mass is 452 g/mol. The number of sulfonamides is 1. The van der Waals surface area contributed by atoms with E-state index in [1.807, 2.05) is 4.72 Å². The number of amides is 4. The highest BCUT2D eigenvalue weighted by molar-refractivity contribution is 7.90. The Labute approximate surface area is 176 Å². The van der Waals surface area contributed by atoms with Crippen molar-refractivity contribution in [3.8, 4) is 0 Å². The molecule has 164 valence electrons. The molecule has 0 saturated carbocycles. The van der Waals surface area contributed by atoms with Gasteiger partial charge in [0.25, 0.3) is 10.0 Å². The van der Waals surface area contributed by atoms with Gasteiger partial charge in [-0.3, -0.25) is 14.5 Å². The number of anilines is 2. The first-order chi connectivity index (χ1) is 14.6. The van der Waals surface area contributed by atoms with Gasteiger partial charge in [0.05, 0.1) is 4.90 Å². The normalized spacial score (nSPS) is 14.0. The number of nitrogens with one attached hydrogen (secondary N) is 2. The van der Waals surface area contributed by atoms with Crippen molar-refractivity contribution in [2.45, 2.75) is 11.8 Å². The Morgan fingerprint density at radius 2 is 1.71 bits per heavy atom. The summed E-state index contributed by atoms with van der Waals surface area (Å²) in [6, 6.07) is 7.68. The smallest absolute Gasteiger partial charge is 0.325 e. The minimum absolute atomic E-state index is 0.155. The van der Waals surface area contributed by atoms with Gasteiger partial charge >= 0.3 is 6.03 Å². The molecule has 1 heterocycles. The van der Waals surface area contributed by atoms with E-state index in [-0.39, 0.29) is 35.9 Å². The van der Waals surface area contributed by atoms with E-state index in [0.717, 1.165) is 19.1 Å². The molecular formula is C19H18F2N4O5S. The van der Waals surface area contributed by atoms with E-state index < -0.39 is 39.5 Å². The second kappa shape index (κ2) is 8.68. The SMILES string of the molecule is CC(=O)NS(=O)(=O)c1ccc(NC(=O)CN2CCN(c3ccc(F)c(F)c3)C2=O)cc1. The van der Waals surface area contributed by atoms with Crippen molar-refractivity contribution in [2.75, 3.05) is 29.9 Å². The lowest BCUT2D eigenvalue weighted by Crippen LogP contribution is -2.37. The number of carbonyl (C=O) groups is 3. The number of benzene rings is 2. The topological polar surface area (TPSA) is 116 Å². The number of rotatable bonds is 6. The first-order valence-electron chi connectivity index (χ1n) is 9.01. The maximum atomic E-state index is 13.4. The number of nitrogens with zero attached hydrogens (tertiary/aromatic N) is 2. The van der Waals surface area contributed by atoms with Crippen LogP contribution in [0.15, 0.2) is 47.4 Å². The Morgan fingerprint density at radius 3 is 2.32 bits per heavy atom. The van der Waals surface area contributed by atoms with Crippen LogP contribution in [0.1, 0.15) is 6.92 Å². The van der Waals surface area contributed by atoms with Gasteiger partial charge in [0.1, 0.15) is 6.54 Å². The minimum atomic E-state index is -3.99. The van der Waals surface area contributed by atoms with Crippen molar-refractivity contribution in [1.82, 2.24) is 9.62 Å². The summed E-state index contributed by atoms with van der Waals surface area (Å²) in [7, 11) is -3.99. The van der Waals surface area contributed by atoms with Crippen molar-refractivity contribution < 1.29 is 31.6 Å². The van der Waals surface area contributed by atoms with E-state index in [0.29, 0.717) is 0 Å². The van der Waals surface area contributed by atoms with Crippen LogP contribution in [0, 0.1) is 11.6 Å².